The molecule has 4 nitrogen and oxygen atoms in total. The Kier molecular flexibility index (Phi) is 5.24. The minimum absolute atomic E-state index is 0.157. The third-order valence-electron chi connectivity index (χ3n) is 3.46. The van der Waals surface area contributed by atoms with Crippen molar-refractivity contribution in [2.24, 2.45) is 0 Å². The molecule has 2 rings (SSSR count). The summed E-state index contributed by atoms with van der Waals surface area (Å²) in [4.78, 5) is 2.39. The Bertz CT molecular complexity index is 601. The Hall–Kier alpha value is -0.690. The molecule has 0 aromatic carbocycles. The standard InChI is InChI=1S/C15H24N2O2S2/c1-5-8-17(13-6-7-13)21(18,19)15-9-14(20-12(15)4)10-16-11(2)3/h5,9,11,13,16H,1,6-8,10H2,2-4H3. The van der Waals surface area contributed by atoms with E-state index in [1.54, 1.807) is 21.7 Å². The lowest BCUT2D eigenvalue weighted by atomic mass is 10.3. The average molecular weight is 329 g/mol. The van der Waals surface area contributed by atoms with Gasteiger partial charge in [-0.1, -0.05) is 19.9 Å². The first kappa shape index (κ1) is 16.7. The van der Waals surface area contributed by atoms with E-state index >= 15 is 0 Å². The number of nitrogens with zero attached hydrogens (tertiary/aromatic N) is 1. The van der Waals surface area contributed by atoms with Gasteiger partial charge in [0.25, 0.3) is 0 Å². The van der Waals surface area contributed by atoms with Crippen LogP contribution in [0.1, 0.15) is 36.4 Å². The quantitative estimate of drug-likeness (QED) is 0.747. The molecule has 118 valence electrons. The van der Waals surface area contributed by atoms with Crippen molar-refractivity contribution in [3.05, 3.63) is 28.5 Å². The molecule has 6 heteroatoms. The molecule has 1 aromatic heterocycles. The zero-order valence-electron chi connectivity index (χ0n) is 12.9. The maximum Gasteiger partial charge on any atom is 0.244 e. The zero-order chi connectivity index (χ0) is 15.6. The monoisotopic (exact) mass is 328 g/mol. The fraction of sp³-hybridized carbons (Fsp3) is 0.600. The molecule has 1 N–H and O–H groups in total. The van der Waals surface area contributed by atoms with E-state index in [1.807, 2.05) is 13.0 Å². The predicted molar refractivity (Wildman–Crippen MR) is 88.1 cm³/mol. The third-order valence-corrected chi connectivity index (χ3v) is 6.68. The van der Waals surface area contributed by atoms with Gasteiger partial charge in [-0.25, -0.2) is 8.42 Å². The highest BCUT2D eigenvalue weighted by molar-refractivity contribution is 7.89. The van der Waals surface area contributed by atoms with Crippen LogP contribution in [0.5, 0.6) is 0 Å². The van der Waals surface area contributed by atoms with E-state index in [1.165, 1.54) is 0 Å². The zero-order valence-corrected chi connectivity index (χ0v) is 14.6. The van der Waals surface area contributed by atoms with Gasteiger partial charge in [0.2, 0.25) is 10.0 Å². The maximum absolute atomic E-state index is 12.8. The van der Waals surface area contributed by atoms with Gasteiger partial charge in [-0.2, -0.15) is 4.31 Å². The molecule has 0 bridgehead atoms. The largest absolute Gasteiger partial charge is 0.310 e. The number of hydrogen-bond donors (Lipinski definition) is 1. The molecule has 0 atom stereocenters. The highest BCUT2D eigenvalue weighted by Crippen LogP contribution is 2.35. The highest BCUT2D eigenvalue weighted by atomic mass is 32.2. The molecule has 0 amide bonds. The molecule has 1 aliphatic rings. The van der Waals surface area contributed by atoms with Gasteiger partial charge in [-0.3, -0.25) is 0 Å². The summed E-state index contributed by atoms with van der Waals surface area (Å²) in [5.74, 6) is 0. The number of sulfonamides is 1. The first-order chi connectivity index (χ1) is 9.86. The predicted octanol–water partition coefficient (Wildman–Crippen LogP) is 2.89. The van der Waals surface area contributed by atoms with Crippen LogP contribution >= 0.6 is 11.3 Å². The van der Waals surface area contributed by atoms with E-state index in [0.717, 1.165) is 22.6 Å². The molecule has 0 radical (unpaired) electrons. The summed E-state index contributed by atoms with van der Waals surface area (Å²) in [6.45, 7) is 10.8. The Morgan fingerprint density at radius 2 is 2.19 bits per heavy atom. The van der Waals surface area contributed by atoms with Crippen molar-refractivity contribution in [1.29, 1.82) is 0 Å². The third kappa shape index (κ3) is 3.94. The van der Waals surface area contributed by atoms with E-state index in [-0.39, 0.29) is 6.04 Å². The van der Waals surface area contributed by atoms with Gasteiger partial charge < -0.3 is 5.32 Å². The van der Waals surface area contributed by atoms with E-state index in [9.17, 15) is 8.42 Å². The van der Waals surface area contributed by atoms with Crippen LogP contribution in [0.15, 0.2) is 23.6 Å². The van der Waals surface area contributed by atoms with Crippen LogP contribution in [0.2, 0.25) is 0 Å². The summed E-state index contributed by atoms with van der Waals surface area (Å²) in [7, 11) is -3.40. The van der Waals surface area contributed by atoms with Crippen molar-refractivity contribution < 1.29 is 8.42 Å². The first-order valence-corrected chi connectivity index (χ1v) is 9.57. The van der Waals surface area contributed by atoms with Crippen LogP contribution in [0.25, 0.3) is 0 Å². The molecular weight excluding hydrogens is 304 g/mol. The smallest absolute Gasteiger partial charge is 0.244 e. The summed E-state index contributed by atoms with van der Waals surface area (Å²) in [5.41, 5.74) is 0. The van der Waals surface area contributed by atoms with Gasteiger partial charge in [0.05, 0.1) is 4.90 Å². The SMILES string of the molecule is C=CCN(C1CC1)S(=O)(=O)c1cc(CNC(C)C)sc1C. The second-order valence-corrected chi connectivity index (χ2v) is 8.96. The Balaban J connectivity index is 2.24. The van der Waals surface area contributed by atoms with Crippen molar-refractivity contribution in [2.75, 3.05) is 6.54 Å². The lowest BCUT2D eigenvalue weighted by Crippen LogP contribution is -2.33. The molecule has 1 saturated carbocycles. The second-order valence-electron chi connectivity index (χ2n) is 5.76. The minimum atomic E-state index is -3.40. The van der Waals surface area contributed by atoms with Crippen molar-refractivity contribution in [3.8, 4) is 0 Å². The number of hydrogen-bond acceptors (Lipinski definition) is 4. The molecule has 1 heterocycles. The van der Waals surface area contributed by atoms with Gasteiger partial charge in [0.1, 0.15) is 0 Å². The van der Waals surface area contributed by atoms with E-state index in [2.05, 4.69) is 25.7 Å². The summed E-state index contributed by atoms with van der Waals surface area (Å²) in [5, 5.41) is 3.33. The molecule has 0 unspecified atom stereocenters. The summed E-state index contributed by atoms with van der Waals surface area (Å²) < 4.78 is 27.3. The Labute approximate surface area is 131 Å². The van der Waals surface area contributed by atoms with Gasteiger partial charge in [0, 0.05) is 34.9 Å². The first-order valence-electron chi connectivity index (χ1n) is 7.31. The van der Waals surface area contributed by atoms with Crippen LogP contribution in [-0.4, -0.2) is 31.4 Å². The number of rotatable bonds is 8. The van der Waals surface area contributed by atoms with Gasteiger partial charge in [0.15, 0.2) is 0 Å². The molecule has 0 saturated heterocycles. The highest BCUT2D eigenvalue weighted by Gasteiger charge is 2.38. The molecule has 21 heavy (non-hydrogen) atoms. The maximum atomic E-state index is 12.8. The molecule has 1 aliphatic carbocycles. The van der Waals surface area contributed by atoms with Gasteiger partial charge in [-0.15, -0.1) is 17.9 Å². The van der Waals surface area contributed by atoms with Crippen LogP contribution in [0.4, 0.5) is 0 Å². The second kappa shape index (κ2) is 6.60. The van der Waals surface area contributed by atoms with Crippen molar-refractivity contribution in [1.82, 2.24) is 9.62 Å². The van der Waals surface area contributed by atoms with Crippen LogP contribution in [0, 0.1) is 6.92 Å². The molecule has 0 spiro atoms. The molecule has 1 fully saturated rings. The summed E-state index contributed by atoms with van der Waals surface area (Å²) >= 11 is 1.56. The molecule has 1 aromatic rings. The summed E-state index contributed by atoms with van der Waals surface area (Å²) in [6, 6.07) is 2.36. The average Bonchev–Trinajstić information content (AvgIpc) is 3.16. The van der Waals surface area contributed by atoms with Crippen LogP contribution in [-0.2, 0) is 16.6 Å². The molecular formula is C15H24N2O2S2. The van der Waals surface area contributed by atoms with Crippen molar-refractivity contribution >= 4 is 21.4 Å². The van der Waals surface area contributed by atoms with Crippen molar-refractivity contribution in [3.63, 3.8) is 0 Å². The van der Waals surface area contributed by atoms with E-state index in [0.29, 0.717) is 24.0 Å². The topological polar surface area (TPSA) is 49.4 Å². The fourth-order valence-electron chi connectivity index (χ4n) is 2.23. The normalized spacial score (nSPS) is 15.9. The minimum Gasteiger partial charge on any atom is -0.310 e. The lowest BCUT2D eigenvalue weighted by Gasteiger charge is -2.19. The van der Waals surface area contributed by atoms with E-state index in [4.69, 9.17) is 0 Å². The Morgan fingerprint density at radius 1 is 1.52 bits per heavy atom. The number of nitrogens with one attached hydrogen (secondary N) is 1. The summed E-state index contributed by atoms with van der Waals surface area (Å²) in [6.07, 6.45) is 3.58. The lowest BCUT2D eigenvalue weighted by molar-refractivity contribution is 0.436. The fourth-order valence-corrected chi connectivity index (χ4v) is 5.44. The van der Waals surface area contributed by atoms with Crippen molar-refractivity contribution in [2.45, 2.75) is 57.1 Å². The van der Waals surface area contributed by atoms with Crippen LogP contribution in [0.3, 0.4) is 0 Å². The van der Waals surface area contributed by atoms with Crippen LogP contribution < -0.4 is 5.32 Å². The van der Waals surface area contributed by atoms with Gasteiger partial charge in [-0.05, 0) is 25.8 Å². The van der Waals surface area contributed by atoms with E-state index < -0.39 is 10.0 Å². The van der Waals surface area contributed by atoms with Gasteiger partial charge >= 0.3 is 0 Å². The Morgan fingerprint density at radius 3 is 2.71 bits per heavy atom. The number of thiophene rings is 1. The number of aryl methyl sites for hydroxylation is 1. The molecule has 0 aliphatic heterocycles.